The molecule has 0 spiro atoms. The molecule has 0 bridgehead atoms. The lowest BCUT2D eigenvalue weighted by Gasteiger charge is -2.06. The smallest absolute Gasteiger partial charge is 0.119 e. The van der Waals surface area contributed by atoms with E-state index in [-0.39, 0.29) is 0 Å². The average molecular weight is 381 g/mol. The molecule has 2 aromatic carbocycles. The highest BCUT2D eigenvalue weighted by Crippen LogP contribution is 2.20. The number of nitrogens with zero attached hydrogens (tertiary/aromatic N) is 2. The van der Waals surface area contributed by atoms with E-state index < -0.39 is 0 Å². The van der Waals surface area contributed by atoms with Crippen LogP contribution in [0.2, 0.25) is 0 Å². The second-order valence-electron chi connectivity index (χ2n) is 5.17. The van der Waals surface area contributed by atoms with Gasteiger partial charge < -0.3 is 4.74 Å². The van der Waals surface area contributed by atoms with Gasteiger partial charge in [0, 0.05) is 5.33 Å². The summed E-state index contributed by atoms with van der Waals surface area (Å²) in [6, 6.07) is 19.0. The second-order valence-corrected chi connectivity index (χ2v) is 5.97. The number of alkyl halides is 1. The van der Waals surface area contributed by atoms with Crippen molar-refractivity contribution in [3.63, 3.8) is 0 Å². The van der Waals surface area contributed by atoms with E-state index in [1.165, 1.54) is 0 Å². The lowest BCUT2D eigenvalue weighted by Crippen LogP contribution is -1.97. The van der Waals surface area contributed by atoms with Crippen molar-refractivity contribution < 1.29 is 4.74 Å². The molecular formula is C20H17BrN2O. The van der Waals surface area contributed by atoms with Crippen LogP contribution in [0.1, 0.15) is 29.5 Å². The van der Waals surface area contributed by atoms with E-state index in [4.69, 9.17) is 10.00 Å². The van der Waals surface area contributed by atoms with Crippen LogP contribution in [0.3, 0.4) is 0 Å². The van der Waals surface area contributed by atoms with Crippen molar-refractivity contribution in [2.24, 2.45) is 0 Å². The molecule has 2 rings (SSSR count). The first-order valence-electron chi connectivity index (χ1n) is 7.68. The minimum Gasteiger partial charge on any atom is -0.494 e. The van der Waals surface area contributed by atoms with Gasteiger partial charge in [-0.15, -0.1) is 0 Å². The van der Waals surface area contributed by atoms with Gasteiger partial charge in [0.05, 0.1) is 29.9 Å². The fourth-order valence-electron chi connectivity index (χ4n) is 2.12. The lowest BCUT2D eigenvalue weighted by atomic mass is 10.0. The molecule has 0 N–H and O–H groups in total. The van der Waals surface area contributed by atoms with E-state index in [9.17, 15) is 5.26 Å². The Hall–Kier alpha value is -2.56. The highest BCUT2D eigenvalue weighted by Gasteiger charge is 2.02. The zero-order valence-electron chi connectivity index (χ0n) is 13.2. The van der Waals surface area contributed by atoms with E-state index >= 15 is 0 Å². The molecule has 0 amide bonds. The van der Waals surface area contributed by atoms with Crippen molar-refractivity contribution in [1.29, 1.82) is 10.5 Å². The molecule has 0 aliphatic heterocycles. The van der Waals surface area contributed by atoms with Crippen LogP contribution in [-0.4, -0.2) is 11.9 Å². The predicted octanol–water partition coefficient (Wildman–Crippen LogP) is 5.18. The van der Waals surface area contributed by atoms with E-state index in [0.29, 0.717) is 17.7 Å². The number of halogens is 1. The molecule has 0 heterocycles. The maximum Gasteiger partial charge on any atom is 0.119 e. The second kappa shape index (κ2) is 9.55. The number of benzene rings is 2. The molecule has 0 aliphatic rings. The SMILES string of the molecule is N#C/C(=C\c1ccc(OCCCCBr)cc1)c1ccc(C#N)cc1. The van der Waals surface area contributed by atoms with Gasteiger partial charge in [0.15, 0.2) is 0 Å². The van der Waals surface area contributed by atoms with Crippen LogP contribution in [0, 0.1) is 22.7 Å². The summed E-state index contributed by atoms with van der Waals surface area (Å²) in [5.74, 6) is 0.832. The first-order chi connectivity index (χ1) is 11.8. The Morgan fingerprint density at radius 3 is 2.29 bits per heavy atom. The summed E-state index contributed by atoms with van der Waals surface area (Å²) in [6.07, 6.45) is 3.94. The Labute approximate surface area is 150 Å². The molecule has 0 saturated carbocycles. The highest BCUT2D eigenvalue weighted by molar-refractivity contribution is 9.09. The first kappa shape index (κ1) is 17.8. The number of hydrogen-bond donors (Lipinski definition) is 0. The summed E-state index contributed by atoms with van der Waals surface area (Å²) in [7, 11) is 0. The van der Waals surface area contributed by atoms with Crippen LogP contribution in [0.5, 0.6) is 5.75 Å². The van der Waals surface area contributed by atoms with Gasteiger partial charge in [0.1, 0.15) is 5.75 Å². The number of hydrogen-bond acceptors (Lipinski definition) is 3. The van der Waals surface area contributed by atoms with Crippen LogP contribution < -0.4 is 4.74 Å². The zero-order chi connectivity index (χ0) is 17.2. The number of nitriles is 2. The molecule has 0 aliphatic carbocycles. The van der Waals surface area contributed by atoms with Crippen molar-refractivity contribution in [3.05, 3.63) is 65.2 Å². The Kier molecular flexibility index (Phi) is 7.08. The molecule has 4 heteroatoms. The maximum atomic E-state index is 9.38. The van der Waals surface area contributed by atoms with Crippen molar-refractivity contribution in [3.8, 4) is 17.9 Å². The third kappa shape index (κ3) is 5.26. The van der Waals surface area contributed by atoms with E-state index in [0.717, 1.165) is 35.0 Å². The standard InChI is InChI=1S/C20H17BrN2O/c21-11-1-2-12-24-20-9-5-16(6-10-20)13-19(15-23)18-7-3-17(14-22)4-8-18/h3-10,13H,1-2,11-12H2/b19-13+. The van der Waals surface area contributed by atoms with Crippen LogP contribution in [-0.2, 0) is 0 Å². The van der Waals surface area contributed by atoms with Gasteiger partial charge in [0.2, 0.25) is 0 Å². The van der Waals surface area contributed by atoms with Gasteiger partial charge >= 0.3 is 0 Å². The molecule has 0 atom stereocenters. The third-order valence-electron chi connectivity index (χ3n) is 3.43. The zero-order valence-corrected chi connectivity index (χ0v) is 14.8. The average Bonchev–Trinajstić information content (AvgIpc) is 2.64. The number of unbranched alkanes of at least 4 members (excludes halogenated alkanes) is 1. The van der Waals surface area contributed by atoms with Gasteiger partial charge in [-0.25, -0.2) is 0 Å². The van der Waals surface area contributed by atoms with Crippen molar-refractivity contribution in [2.75, 3.05) is 11.9 Å². The summed E-state index contributed by atoms with van der Waals surface area (Å²) < 4.78 is 5.67. The topological polar surface area (TPSA) is 56.8 Å². The van der Waals surface area contributed by atoms with Gasteiger partial charge in [-0.2, -0.15) is 10.5 Å². The molecule has 0 unspecified atom stereocenters. The lowest BCUT2D eigenvalue weighted by molar-refractivity contribution is 0.310. The van der Waals surface area contributed by atoms with E-state index in [1.807, 2.05) is 30.3 Å². The normalized spacial score (nSPS) is 10.7. The van der Waals surface area contributed by atoms with Crippen molar-refractivity contribution in [1.82, 2.24) is 0 Å². The molecule has 2 aromatic rings. The van der Waals surface area contributed by atoms with Crippen LogP contribution in [0.4, 0.5) is 0 Å². The summed E-state index contributed by atoms with van der Waals surface area (Å²) in [5, 5.41) is 19.2. The summed E-state index contributed by atoms with van der Waals surface area (Å²) in [6.45, 7) is 0.704. The molecule has 24 heavy (non-hydrogen) atoms. The summed E-state index contributed by atoms with van der Waals surface area (Å²) in [5.41, 5.74) is 2.87. The van der Waals surface area contributed by atoms with Crippen molar-refractivity contribution in [2.45, 2.75) is 12.8 Å². The van der Waals surface area contributed by atoms with Crippen LogP contribution >= 0.6 is 15.9 Å². The molecule has 0 fully saturated rings. The fraction of sp³-hybridized carbons (Fsp3) is 0.200. The highest BCUT2D eigenvalue weighted by atomic mass is 79.9. The Bertz CT molecular complexity index is 765. The van der Waals surface area contributed by atoms with E-state index in [2.05, 4.69) is 28.1 Å². The fourth-order valence-corrected chi connectivity index (χ4v) is 2.51. The molecule has 120 valence electrons. The van der Waals surface area contributed by atoms with Crippen LogP contribution in [0.15, 0.2) is 48.5 Å². The van der Waals surface area contributed by atoms with Gasteiger partial charge in [-0.1, -0.05) is 40.2 Å². The summed E-state index contributed by atoms with van der Waals surface area (Å²) in [4.78, 5) is 0. The number of rotatable bonds is 7. The minimum atomic E-state index is 0.561. The number of allylic oxidation sites excluding steroid dienone is 1. The summed E-state index contributed by atoms with van der Waals surface area (Å²) >= 11 is 3.40. The van der Waals surface area contributed by atoms with Crippen molar-refractivity contribution >= 4 is 27.6 Å². The van der Waals surface area contributed by atoms with Gasteiger partial charge in [0.25, 0.3) is 0 Å². The molecular weight excluding hydrogens is 364 g/mol. The molecule has 3 nitrogen and oxygen atoms in total. The van der Waals surface area contributed by atoms with Gasteiger partial charge in [-0.05, 0) is 54.3 Å². The minimum absolute atomic E-state index is 0.561. The molecule has 0 aromatic heterocycles. The monoisotopic (exact) mass is 380 g/mol. The van der Waals surface area contributed by atoms with Crippen LogP contribution in [0.25, 0.3) is 11.6 Å². The quantitative estimate of drug-likeness (QED) is 0.288. The Morgan fingerprint density at radius 1 is 1.00 bits per heavy atom. The largest absolute Gasteiger partial charge is 0.494 e. The Morgan fingerprint density at radius 2 is 1.71 bits per heavy atom. The maximum absolute atomic E-state index is 9.38. The first-order valence-corrected chi connectivity index (χ1v) is 8.80. The van der Waals surface area contributed by atoms with Gasteiger partial charge in [-0.3, -0.25) is 0 Å². The van der Waals surface area contributed by atoms with E-state index in [1.54, 1.807) is 24.3 Å². The Balaban J connectivity index is 2.07. The number of ether oxygens (including phenoxy) is 1. The third-order valence-corrected chi connectivity index (χ3v) is 3.99. The molecule has 0 radical (unpaired) electrons. The molecule has 0 saturated heterocycles. The predicted molar refractivity (Wildman–Crippen MR) is 99.6 cm³/mol.